The quantitative estimate of drug-likeness (QED) is 0.720. The number of aldehydes is 1. The van der Waals surface area contributed by atoms with Crippen LogP contribution < -0.4 is 4.74 Å². The first-order valence-electron chi connectivity index (χ1n) is 8.00. The predicted octanol–water partition coefficient (Wildman–Crippen LogP) is 2.86. The Kier molecular flexibility index (Phi) is 5.33. The lowest BCUT2D eigenvalue weighted by molar-refractivity contribution is -0.133. The Hall–Kier alpha value is -2.11. The summed E-state index contributed by atoms with van der Waals surface area (Å²) in [5.74, 6) is 0.992. The molecule has 5 nitrogen and oxygen atoms in total. The van der Waals surface area contributed by atoms with Crippen molar-refractivity contribution in [1.29, 1.82) is 0 Å². The zero-order chi connectivity index (χ0) is 16.9. The normalized spacial score (nSPS) is 25.3. The van der Waals surface area contributed by atoms with Crippen LogP contribution in [0.3, 0.4) is 0 Å². The van der Waals surface area contributed by atoms with E-state index in [2.05, 4.69) is 0 Å². The molecule has 0 spiro atoms. The molecule has 0 unspecified atom stereocenters. The first-order valence-corrected chi connectivity index (χ1v) is 8.00. The second kappa shape index (κ2) is 7.64. The number of hydrogen-bond acceptors (Lipinski definition) is 5. The molecule has 0 fully saturated rings. The third-order valence-corrected chi connectivity index (χ3v) is 4.61. The van der Waals surface area contributed by atoms with Crippen LogP contribution in [0.2, 0.25) is 0 Å². The number of carbonyl (C=O) groups excluding carboxylic acids is 1. The first kappa shape index (κ1) is 16.7. The first-order chi connectivity index (χ1) is 11.8. The van der Waals surface area contributed by atoms with Gasteiger partial charge in [-0.15, -0.1) is 0 Å². The minimum Gasteiger partial charge on any atom is -0.497 e. The lowest BCUT2D eigenvalue weighted by atomic mass is 9.84. The van der Waals surface area contributed by atoms with E-state index in [1.807, 2.05) is 30.3 Å². The molecule has 128 valence electrons. The number of benzene rings is 1. The summed E-state index contributed by atoms with van der Waals surface area (Å²) in [5.41, 5.74) is 2.90. The Balaban J connectivity index is 1.59. The summed E-state index contributed by atoms with van der Waals surface area (Å²) < 4.78 is 22.0. The van der Waals surface area contributed by atoms with Crippen molar-refractivity contribution >= 4 is 6.29 Å². The number of allylic oxidation sites excluding steroid dienone is 1. The maximum atomic E-state index is 11.2. The van der Waals surface area contributed by atoms with Gasteiger partial charge in [0.05, 0.1) is 32.5 Å². The van der Waals surface area contributed by atoms with Gasteiger partial charge in [0.2, 0.25) is 6.29 Å². The Morgan fingerprint density at radius 2 is 2.00 bits per heavy atom. The van der Waals surface area contributed by atoms with Gasteiger partial charge in [0, 0.05) is 13.0 Å². The van der Waals surface area contributed by atoms with Gasteiger partial charge in [-0.3, -0.25) is 4.79 Å². The average molecular weight is 330 g/mol. The second-order valence-electron chi connectivity index (χ2n) is 5.96. The monoisotopic (exact) mass is 330 g/mol. The second-order valence-corrected chi connectivity index (χ2v) is 5.96. The van der Waals surface area contributed by atoms with Gasteiger partial charge in [0.1, 0.15) is 12.0 Å². The van der Waals surface area contributed by atoms with Crippen LogP contribution in [0.5, 0.6) is 5.75 Å². The molecule has 1 aliphatic carbocycles. The van der Waals surface area contributed by atoms with Crippen LogP contribution in [0.4, 0.5) is 0 Å². The molecule has 3 atom stereocenters. The largest absolute Gasteiger partial charge is 0.497 e. The number of ether oxygens (including phenoxy) is 4. The number of carbonyl (C=O) groups is 1. The van der Waals surface area contributed by atoms with Crippen LogP contribution in [-0.2, 0) is 25.6 Å². The standard InChI is InChI=1S/C19H22O5/c1-21-16-6-3-13(4-7-16)10-23-11-15-12-24-19(22-2)18-14(9-20)5-8-17(15)18/h3-7,9,12,17-19H,8,10-11H2,1-2H3/t17-,18-,19-/m1/s1. The maximum Gasteiger partial charge on any atom is 0.206 e. The Bertz CT molecular complexity index is 632. The van der Waals surface area contributed by atoms with Crippen LogP contribution in [0.15, 0.2) is 47.7 Å². The molecule has 1 heterocycles. The summed E-state index contributed by atoms with van der Waals surface area (Å²) in [6, 6.07) is 7.79. The summed E-state index contributed by atoms with van der Waals surface area (Å²) in [6.07, 6.45) is 5.02. The topological polar surface area (TPSA) is 54.0 Å². The third-order valence-electron chi connectivity index (χ3n) is 4.61. The number of fused-ring (bicyclic) bond motifs is 1. The van der Waals surface area contributed by atoms with Gasteiger partial charge in [0.15, 0.2) is 0 Å². The highest BCUT2D eigenvalue weighted by atomic mass is 16.7. The molecule has 0 N–H and O–H groups in total. The number of methoxy groups -OCH3 is 2. The van der Waals surface area contributed by atoms with Gasteiger partial charge < -0.3 is 18.9 Å². The average Bonchev–Trinajstić information content (AvgIpc) is 3.07. The van der Waals surface area contributed by atoms with E-state index in [-0.39, 0.29) is 11.8 Å². The van der Waals surface area contributed by atoms with Crippen LogP contribution in [0, 0.1) is 11.8 Å². The SMILES string of the molecule is COc1ccc(COCC2=CO[C@@H](OC)[C@@H]3C(C=O)=CC[C@H]23)cc1. The van der Waals surface area contributed by atoms with Gasteiger partial charge in [-0.1, -0.05) is 18.2 Å². The summed E-state index contributed by atoms with van der Waals surface area (Å²) in [5, 5.41) is 0. The highest BCUT2D eigenvalue weighted by molar-refractivity contribution is 5.75. The van der Waals surface area contributed by atoms with Crippen molar-refractivity contribution in [2.45, 2.75) is 19.3 Å². The minimum absolute atomic E-state index is 0.0444. The summed E-state index contributed by atoms with van der Waals surface area (Å²) in [7, 11) is 3.25. The number of rotatable bonds is 7. The molecule has 5 heteroatoms. The van der Waals surface area contributed by atoms with E-state index in [9.17, 15) is 4.79 Å². The lowest BCUT2D eigenvalue weighted by Crippen LogP contribution is -2.35. The Morgan fingerprint density at radius 1 is 1.21 bits per heavy atom. The van der Waals surface area contributed by atoms with Gasteiger partial charge >= 0.3 is 0 Å². The van der Waals surface area contributed by atoms with E-state index in [0.717, 1.165) is 35.2 Å². The van der Waals surface area contributed by atoms with Gasteiger partial charge in [0.25, 0.3) is 0 Å². The molecule has 1 aliphatic heterocycles. The zero-order valence-electron chi connectivity index (χ0n) is 13.9. The molecule has 0 amide bonds. The van der Waals surface area contributed by atoms with Crippen LogP contribution >= 0.6 is 0 Å². The van der Waals surface area contributed by atoms with Gasteiger partial charge in [-0.2, -0.15) is 0 Å². The van der Waals surface area contributed by atoms with Crippen molar-refractivity contribution < 1.29 is 23.7 Å². The van der Waals surface area contributed by atoms with E-state index in [0.29, 0.717) is 13.2 Å². The van der Waals surface area contributed by atoms with Crippen LogP contribution in [0.25, 0.3) is 0 Å². The van der Waals surface area contributed by atoms with Crippen molar-refractivity contribution in [3.05, 3.63) is 53.3 Å². The molecule has 0 bridgehead atoms. The van der Waals surface area contributed by atoms with Crippen molar-refractivity contribution in [1.82, 2.24) is 0 Å². The van der Waals surface area contributed by atoms with Crippen molar-refractivity contribution in [3.63, 3.8) is 0 Å². The predicted molar refractivity (Wildman–Crippen MR) is 88.4 cm³/mol. The van der Waals surface area contributed by atoms with E-state index in [4.69, 9.17) is 18.9 Å². The van der Waals surface area contributed by atoms with E-state index >= 15 is 0 Å². The molecule has 24 heavy (non-hydrogen) atoms. The molecule has 0 radical (unpaired) electrons. The molecular formula is C19H22O5. The van der Waals surface area contributed by atoms with E-state index < -0.39 is 6.29 Å². The maximum absolute atomic E-state index is 11.2. The fraction of sp³-hybridized carbons (Fsp3) is 0.421. The Morgan fingerprint density at radius 3 is 2.67 bits per heavy atom. The van der Waals surface area contributed by atoms with Gasteiger partial charge in [-0.25, -0.2) is 0 Å². The summed E-state index contributed by atoms with van der Waals surface area (Å²) >= 11 is 0. The van der Waals surface area contributed by atoms with Crippen LogP contribution in [-0.4, -0.2) is 33.4 Å². The van der Waals surface area contributed by atoms with E-state index in [1.54, 1.807) is 20.5 Å². The minimum atomic E-state index is -0.403. The number of hydrogen-bond donors (Lipinski definition) is 0. The molecule has 1 aromatic carbocycles. The fourth-order valence-electron chi connectivity index (χ4n) is 3.31. The molecule has 0 saturated heterocycles. The molecule has 2 aliphatic rings. The van der Waals surface area contributed by atoms with Crippen molar-refractivity contribution in [3.8, 4) is 5.75 Å². The summed E-state index contributed by atoms with van der Waals surface area (Å²) in [4.78, 5) is 11.2. The van der Waals surface area contributed by atoms with Crippen molar-refractivity contribution in [2.24, 2.45) is 11.8 Å². The van der Waals surface area contributed by atoms with Crippen molar-refractivity contribution in [2.75, 3.05) is 20.8 Å². The molecule has 3 rings (SSSR count). The molecular weight excluding hydrogens is 308 g/mol. The van der Waals surface area contributed by atoms with Crippen LogP contribution in [0.1, 0.15) is 12.0 Å². The Labute approximate surface area is 141 Å². The van der Waals surface area contributed by atoms with Gasteiger partial charge in [-0.05, 0) is 35.3 Å². The highest BCUT2D eigenvalue weighted by Gasteiger charge is 2.41. The highest BCUT2D eigenvalue weighted by Crippen LogP contribution is 2.42. The smallest absolute Gasteiger partial charge is 0.206 e. The summed E-state index contributed by atoms with van der Waals surface area (Å²) in [6.45, 7) is 0.990. The zero-order valence-corrected chi connectivity index (χ0v) is 13.9. The molecule has 0 saturated carbocycles. The third kappa shape index (κ3) is 3.37. The lowest BCUT2D eigenvalue weighted by Gasteiger charge is -2.34. The fourth-order valence-corrected chi connectivity index (χ4v) is 3.31. The molecule has 1 aromatic rings. The molecule has 0 aromatic heterocycles. The van der Waals surface area contributed by atoms with E-state index in [1.165, 1.54) is 0 Å².